The Morgan fingerprint density at radius 2 is 2.56 bits per heavy atom. The number of hydrogen-bond acceptors (Lipinski definition) is 3. The molecule has 0 aliphatic carbocycles. The van der Waals surface area contributed by atoms with E-state index in [2.05, 4.69) is 27.7 Å². The van der Waals surface area contributed by atoms with Crippen LogP contribution in [0.15, 0.2) is 12.7 Å². The van der Waals surface area contributed by atoms with Crippen LogP contribution < -0.4 is 11.2 Å². The summed E-state index contributed by atoms with van der Waals surface area (Å²) >= 11 is 4.52. The number of hydrogen-bond donors (Lipinski definition) is 2. The van der Waals surface area contributed by atoms with Gasteiger partial charge in [-0.05, 0) is 12.2 Å². The monoisotopic (exact) mass is 143 g/mol. The van der Waals surface area contributed by atoms with Crippen LogP contribution in [0.2, 0.25) is 0 Å². The lowest BCUT2D eigenvalue weighted by Gasteiger charge is -1.98. The van der Waals surface area contributed by atoms with Crippen LogP contribution in [0.4, 0.5) is 0 Å². The first-order valence-corrected chi connectivity index (χ1v) is 2.61. The molecular weight excluding hydrogens is 138 g/mol. The number of nitrogens with one attached hydrogen (secondary N) is 1. The number of nitrogens with two attached hydrogens (primary N) is 1. The van der Waals surface area contributed by atoms with Gasteiger partial charge in [0.1, 0.15) is 12.7 Å². The number of rotatable bonds is 1. The van der Waals surface area contributed by atoms with Crippen LogP contribution in [0.5, 0.6) is 0 Å². The molecule has 0 spiro atoms. The summed E-state index contributed by atoms with van der Waals surface area (Å²) in [5, 5.41) is 3.85. The second-order valence-corrected chi connectivity index (χ2v) is 1.76. The Morgan fingerprint density at radius 1 is 1.78 bits per heavy atom. The summed E-state index contributed by atoms with van der Waals surface area (Å²) in [6.07, 6.45) is 2.84. The van der Waals surface area contributed by atoms with Crippen LogP contribution >= 0.6 is 12.2 Å². The molecule has 5 nitrogen and oxygen atoms in total. The molecule has 9 heavy (non-hydrogen) atoms. The van der Waals surface area contributed by atoms with E-state index < -0.39 is 0 Å². The van der Waals surface area contributed by atoms with Crippen LogP contribution in [0.25, 0.3) is 0 Å². The molecule has 6 heteroatoms. The largest absolute Gasteiger partial charge is 0.375 e. The van der Waals surface area contributed by atoms with Gasteiger partial charge in [-0.25, -0.2) is 4.98 Å². The number of nitrogens with zero attached hydrogens (tertiary/aromatic N) is 3. The lowest BCUT2D eigenvalue weighted by Crippen LogP contribution is -2.28. The van der Waals surface area contributed by atoms with E-state index in [1.54, 1.807) is 0 Å². The summed E-state index contributed by atoms with van der Waals surface area (Å²) in [6, 6.07) is 0. The summed E-state index contributed by atoms with van der Waals surface area (Å²) in [5.74, 6) is 0. The van der Waals surface area contributed by atoms with Gasteiger partial charge in [0.25, 0.3) is 0 Å². The minimum atomic E-state index is 0.167. The maximum atomic E-state index is 5.12. The third-order valence-electron chi connectivity index (χ3n) is 0.643. The van der Waals surface area contributed by atoms with Crippen LogP contribution in [0.1, 0.15) is 0 Å². The SMILES string of the molecule is NC(=S)Nn1cncn1. The van der Waals surface area contributed by atoms with Crippen molar-refractivity contribution in [3.63, 3.8) is 0 Å². The highest BCUT2D eigenvalue weighted by Gasteiger charge is 1.86. The second-order valence-electron chi connectivity index (χ2n) is 1.32. The van der Waals surface area contributed by atoms with Gasteiger partial charge in [-0.2, -0.15) is 4.79 Å². The molecule has 0 amide bonds. The molecule has 0 aromatic carbocycles. The van der Waals surface area contributed by atoms with Crippen LogP contribution in [0, 0.1) is 0 Å². The van der Waals surface area contributed by atoms with Gasteiger partial charge >= 0.3 is 0 Å². The fourth-order valence-electron chi connectivity index (χ4n) is 0.379. The highest BCUT2D eigenvalue weighted by molar-refractivity contribution is 7.80. The molecule has 0 saturated heterocycles. The highest BCUT2D eigenvalue weighted by atomic mass is 32.1. The summed E-state index contributed by atoms with van der Waals surface area (Å²) in [6.45, 7) is 0. The normalized spacial score (nSPS) is 8.89. The van der Waals surface area contributed by atoms with Crippen molar-refractivity contribution in [2.45, 2.75) is 0 Å². The molecule has 1 rings (SSSR count). The second kappa shape index (κ2) is 2.40. The molecule has 1 aromatic rings. The van der Waals surface area contributed by atoms with Gasteiger partial charge in [0, 0.05) is 0 Å². The van der Waals surface area contributed by atoms with Gasteiger partial charge in [-0.3, -0.25) is 5.43 Å². The molecule has 0 bridgehead atoms. The van der Waals surface area contributed by atoms with Crippen molar-refractivity contribution >= 4 is 17.3 Å². The fourth-order valence-corrected chi connectivity index (χ4v) is 0.472. The summed E-state index contributed by atoms with van der Waals surface area (Å²) in [5.41, 5.74) is 7.65. The summed E-state index contributed by atoms with van der Waals surface area (Å²) in [4.78, 5) is 4.97. The average molecular weight is 143 g/mol. The van der Waals surface area contributed by atoms with Crippen molar-refractivity contribution in [2.24, 2.45) is 5.73 Å². The zero-order valence-electron chi connectivity index (χ0n) is 4.48. The number of aromatic nitrogens is 3. The zero-order valence-corrected chi connectivity index (χ0v) is 5.30. The van der Waals surface area contributed by atoms with Crippen molar-refractivity contribution in [1.29, 1.82) is 0 Å². The molecule has 0 radical (unpaired) electrons. The van der Waals surface area contributed by atoms with E-state index >= 15 is 0 Å². The Morgan fingerprint density at radius 3 is 3.00 bits per heavy atom. The van der Waals surface area contributed by atoms with E-state index in [9.17, 15) is 0 Å². The first-order valence-electron chi connectivity index (χ1n) is 2.20. The van der Waals surface area contributed by atoms with Crippen LogP contribution in [0.3, 0.4) is 0 Å². The Bertz CT molecular complexity index is 192. The molecule has 0 aliphatic heterocycles. The van der Waals surface area contributed by atoms with Gasteiger partial charge in [0.05, 0.1) is 0 Å². The van der Waals surface area contributed by atoms with E-state index in [0.29, 0.717) is 0 Å². The molecular formula is C3H5N5S. The van der Waals surface area contributed by atoms with Crippen LogP contribution in [-0.2, 0) is 0 Å². The van der Waals surface area contributed by atoms with Gasteiger partial charge in [0.2, 0.25) is 0 Å². The zero-order chi connectivity index (χ0) is 6.69. The fraction of sp³-hybridized carbons (Fsp3) is 0. The molecule has 48 valence electrons. The molecule has 1 aromatic heterocycles. The topological polar surface area (TPSA) is 68.8 Å². The maximum absolute atomic E-state index is 5.12. The first kappa shape index (κ1) is 5.96. The van der Waals surface area contributed by atoms with Gasteiger partial charge < -0.3 is 5.73 Å². The Hall–Kier alpha value is -1.17. The third-order valence-corrected chi connectivity index (χ3v) is 0.735. The van der Waals surface area contributed by atoms with E-state index in [1.165, 1.54) is 17.4 Å². The Kier molecular flexibility index (Phi) is 1.59. The lowest BCUT2D eigenvalue weighted by atomic mass is 11.2. The predicted octanol–water partition coefficient (Wildman–Crippen LogP) is -0.935. The maximum Gasteiger partial charge on any atom is 0.184 e. The van der Waals surface area contributed by atoms with E-state index in [-0.39, 0.29) is 5.11 Å². The molecule has 3 N–H and O–H groups in total. The molecule has 0 atom stereocenters. The van der Waals surface area contributed by atoms with E-state index in [0.717, 1.165) is 0 Å². The Labute approximate surface area is 56.8 Å². The van der Waals surface area contributed by atoms with Gasteiger partial charge in [0.15, 0.2) is 5.11 Å². The summed E-state index contributed by atoms with van der Waals surface area (Å²) < 4.78 is 0. The standard InChI is InChI=1S/C3H5N5S/c4-3(9)7-8-2-5-1-6-8/h1-2H,(H3,4,7,9). The predicted molar refractivity (Wildman–Crippen MR) is 36.2 cm³/mol. The van der Waals surface area contributed by atoms with Crippen molar-refractivity contribution in [3.8, 4) is 0 Å². The lowest BCUT2D eigenvalue weighted by molar-refractivity contribution is 0.814. The highest BCUT2D eigenvalue weighted by Crippen LogP contribution is 1.70. The molecule has 0 saturated carbocycles. The van der Waals surface area contributed by atoms with E-state index in [1.807, 2.05) is 0 Å². The van der Waals surface area contributed by atoms with Crippen molar-refractivity contribution in [2.75, 3.05) is 5.43 Å². The molecule has 0 fully saturated rings. The molecule has 1 heterocycles. The summed E-state index contributed by atoms with van der Waals surface area (Å²) in [7, 11) is 0. The first-order chi connectivity index (χ1) is 4.29. The van der Waals surface area contributed by atoms with Crippen LogP contribution in [-0.4, -0.2) is 20.0 Å². The minimum absolute atomic E-state index is 0.167. The third kappa shape index (κ3) is 1.65. The molecule has 0 unspecified atom stereocenters. The molecule has 0 aliphatic rings. The van der Waals surface area contributed by atoms with E-state index in [4.69, 9.17) is 5.73 Å². The van der Waals surface area contributed by atoms with Crippen molar-refractivity contribution in [1.82, 2.24) is 14.9 Å². The smallest absolute Gasteiger partial charge is 0.184 e. The van der Waals surface area contributed by atoms with Gasteiger partial charge in [-0.15, -0.1) is 5.10 Å². The number of thiocarbonyl (C=S) groups is 1. The quantitative estimate of drug-likeness (QED) is 0.497. The Balaban J connectivity index is 2.58. The van der Waals surface area contributed by atoms with Crippen molar-refractivity contribution in [3.05, 3.63) is 12.7 Å². The van der Waals surface area contributed by atoms with Gasteiger partial charge in [-0.1, -0.05) is 0 Å². The van der Waals surface area contributed by atoms with Crippen molar-refractivity contribution < 1.29 is 0 Å². The average Bonchev–Trinajstić information content (AvgIpc) is 2.15. The minimum Gasteiger partial charge on any atom is -0.375 e.